The van der Waals surface area contributed by atoms with Crippen LogP contribution in [0.1, 0.15) is 12.5 Å². The van der Waals surface area contributed by atoms with Crippen molar-refractivity contribution in [3.05, 3.63) is 35.5 Å². The van der Waals surface area contributed by atoms with E-state index in [1.54, 1.807) is 38.2 Å². The van der Waals surface area contributed by atoms with Crippen molar-refractivity contribution in [3.8, 4) is 5.75 Å². The normalized spacial score (nSPS) is 18.1. The number of amides is 1. The third-order valence-electron chi connectivity index (χ3n) is 2.47. The van der Waals surface area contributed by atoms with E-state index in [2.05, 4.69) is 4.99 Å². The lowest BCUT2D eigenvalue weighted by Crippen LogP contribution is -2.25. The van der Waals surface area contributed by atoms with Crippen molar-refractivity contribution >= 4 is 17.8 Å². The predicted octanol–water partition coefficient (Wildman–Crippen LogP) is 1.62. The Hall–Kier alpha value is -2.10. The molecule has 16 heavy (non-hydrogen) atoms. The summed E-state index contributed by atoms with van der Waals surface area (Å²) in [5, 5.41) is 9.30. The molecule has 1 aromatic carbocycles. The molecular weight excluding hydrogens is 204 g/mol. The first-order valence-corrected chi connectivity index (χ1v) is 4.92. The Morgan fingerprint density at radius 1 is 1.44 bits per heavy atom. The van der Waals surface area contributed by atoms with Crippen molar-refractivity contribution in [3.63, 3.8) is 0 Å². The van der Waals surface area contributed by atoms with Crippen LogP contribution < -0.4 is 0 Å². The van der Waals surface area contributed by atoms with E-state index >= 15 is 0 Å². The standard InChI is InChI=1S/C12H12N2O2/c1-8-13-11(12(16)14(8)2)7-9-4-3-5-10(15)6-9/h3-7,15H,1-2H3/b11-7+. The summed E-state index contributed by atoms with van der Waals surface area (Å²) >= 11 is 0. The van der Waals surface area contributed by atoms with Gasteiger partial charge in [0.25, 0.3) is 5.91 Å². The van der Waals surface area contributed by atoms with Gasteiger partial charge in [-0.1, -0.05) is 12.1 Å². The number of rotatable bonds is 1. The largest absolute Gasteiger partial charge is 0.508 e. The first-order chi connectivity index (χ1) is 7.58. The first-order valence-electron chi connectivity index (χ1n) is 4.92. The van der Waals surface area contributed by atoms with Crippen LogP contribution in [0, 0.1) is 0 Å². The summed E-state index contributed by atoms with van der Waals surface area (Å²) in [6.45, 7) is 1.78. The highest BCUT2D eigenvalue weighted by Gasteiger charge is 2.23. The lowest BCUT2D eigenvalue weighted by Gasteiger charge is -2.05. The molecule has 0 bridgehead atoms. The van der Waals surface area contributed by atoms with Crippen LogP contribution >= 0.6 is 0 Å². The minimum Gasteiger partial charge on any atom is -0.508 e. The topological polar surface area (TPSA) is 52.9 Å². The SMILES string of the molecule is CC1=N/C(=C/c2cccc(O)c2)C(=O)N1C. The fourth-order valence-electron chi connectivity index (χ4n) is 1.48. The number of carbonyl (C=O) groups is 1. The van der Waals surface area contributed by atoms with E-state index in [0.717, 1.165) is 5.56 Å². The summed E-state index contributed by atoms with van der Waals surface area (Å²) in [5.74, 6) is 0.728. The summed E-state index contributed by atoms with van der Waals surface area (Å²) in [4.78, 5) is 17.3. The zero-order valence-electron chi connectivity index (χ0n) is 9.14. The molecule has 0 aliphatic carbocycles. The number of likely N-dealkylation sites (N-methyl/N-ethyl adjacent to an activating group) is 1. The van der Waals surface area contributed by atoms with E-state index in [4.69, 9.17) is 0 Å². The van der Waals surface area contributed by atoms with Gasteiger partial charge in [0.15, 0.2) is 0 Å². The van der Waals surface area contributed by atoms with Crippen LogP contribution in [0.3, 0.4) is 0 Å². The molecular formula is C12H12N2O2. The summed E-state index contributed by atoms with van der Waals surface area (Å²) in [7, 11) is 1.68. The number of phenolic OH excluding ortho intramolecular Hbond substituents is 1. The number of aromatic hydroxyl groups is 1. The van der Waals surface area contributed by atoms with Crippen molar-refractivity contribution in [2.75, 3.05) is 7.05 Å². The first kappa shape index (κ1) is 10.4. The maximum atomic E-state index is 11.7. The Morgan fingerprint density at radius 3 is 2.75 bits per heavy atom. The number of amidine groups is 1. The minimum atomic E-state index is -0.124. The molecule has 1 N–H and O–H groups in total. The predicted molar refractivity (Wildman–Crippen MR) is 62.0 cm³/mol. The van der Waals surface area contributed by atoms with Crippen LogP contribution in [0.25, 0.3) is 6.08 Å². The van der Waals surface area contributed by atoms with E-state index in [1.165, 1.54) is 4.90 Å². The van der Waals surface area contributed by atoms with E-state index in [-0.39, 0.29) is 11.7 Å². The third kappa shape index (κ3) is 1.82. The fourth-order valence-corrected chi connectivity index (χ4v) is 1.48. The average molecular weight is 216 g/mol. The monoisotopic (exact) mass is 216 g/mol. The van der Waals surface area contributed by atoms with Crippen LogP contribution in [0.2, 0.25) is 0 Å². The lowest BCUT2D eigenvalue weighted by atomic mass is 10.2. The van der Waals surface area contributed by atoms with Crippen LogP contribution in [-0.4, -0.2) is 28.8 Å². The van der Waals surface area contributed by atoms with Crippen molar-refractivity contribution in [2.24, 2.45) is 4.99 Å². The van der Waals surface area contributed by atoms with Crippen LogP contribution in [0.4, 0.5) is 0 Å². The molecule has 0 saturated heterocycles. The Kier molecular flexibility index (Phi) is 2.48. The van der Waals surface area contributed by atoms with Gasteiger partial charge in [-0.15, -0.1) is 0 Å². The number of carbonyl (C=O) groups excluding carboxylic acids is 1. The molecule has 0 radical (unpaired) electrons. The molecule has 0 aromatic heterocycles. The van der Waals surface area contributed by atoms with Gasteiger partial charge in [-0.25, -0.2) is 4.99 Å². The maximum Gasteiger partial charge on any atom is 0.277 e. The molecule has 1 amide bonds. The maximum absolute atomic E-state index is 11.7. The molecule has 82 valence electrons. The molecule has 1 aliphatic heterocycles. The number of nitrogens with zero attached hydrogens (tertiary/aromatic N) is 2. The number of benzene rings is 1. The van der Waals surface area contributed by atoms with E-state index in [1.807, 2.05) is 6.07 Å². The summed E-state index contributed by atoms with van der Waals surface area (Å²) < 4.78 is 0. The molecule has 4 heteroatoms. The quantitative estimate of drug-likeness (QED) is 0.725. The minimum absolute atomic E-state index is 0.124. The Morgan fingerprint density at radius 2 is 2.19 bits per heavy atom. The Labute approximate surface area is 93.5 Å². The number of aliphatic imine (C=N–C) groups is 1. The molecule has 0 spiro atoms. The van der Waals surface area contributed by atoms with Gasteiger partial charge in [-0.3, -0.25) is 9.69 Å². The van der Waals surface area contributed by atoms with Gasteiger partial charge >= 0.3 is 0 Å². The highest BCUT2D eigenvalue weighted by Crippen LogP contribution is 2.19. The Bertz CT molecular complexity index is 503. The van der Waals surface area contributed by atoms with Gasteiger partial charge in [0, 0.05) is 7.05 Å². The number of phenols is 1. The molecule has 0 atom stereocenters. The fraction of sp³-hybridized carbons (Fsp3) is 0.167. The zero-order valence-corrected chi connectivity index (χ0v) is 9.14. The molecule has 0 unspecified atom stereocenters. The average Bonchev–Trinajstić information content (AvgIpc) is 2.47. The summed E-state index contributed by atoms with van der Waals surface area (Å²) in [5.41, 5.74) is 1.15. The second-order valence-electron chi connectivity index (χ2n) is 3.65. The number of hydrogen-bond acceptors (Lipinski definition) is 3. The third-order valence-corrected chi connectivity index (χ3v) is 2.47. The van der Waals surface area contributed by atoms with Crippen molar-refractivity contribution in [2.45, 2.75) is 6.92 Å². The molecule has 2 rings (SSSR count). The van der Waals surface area contributed by atoms with Gasteiger partial charge in [-0.05, 0) is 30.7 Å². The van der Waals surface area contributed by atoms with Gasteiger partial charge in [0.2, 0.25) is 0 Å². The van der Waals surface area contributed by atoms with Crippen molar-refractivity contribution in [1.82, 2.24) is 4.90 Å². The van der Waals surface area contributed by atoms with E-state index in [0.29, 0.717) is 11.5 Å². The Balaban J connectivity index is 2.36. The van der Waals surface area contributed by atoms with Gasteiger partial charge in [0.05, 0.1) is 0 Å². The van der Waals surface area contributed by atoms with Crippen LogP contribution in [-0.2, 0) is 4.79 Å². The van der Waals surface area contributed by atoms with Gasteiger partial charge < -0.3 is 5.11 Å². The number of hydrogen-bond donors (Lipinski definition) is 1. The summed E-state index contributed by atoms with van der Waals surface area (Å²) in [6.07, 6.45) is 1.66. The van der Waals surface area contributed by atoms with Crippen LogP contribution in [0.5, 0.6) is 5.75 Å². The smallest absolute Gasteiger partial charge is 0.277 e. The molecule has 0 saturated carbocycles. The van der Waals surface area contributed by atoms with Gasteiger partial charge in [-0.2, -0.15) is 0 Å². The molecule has 0 fully saturated rings. The summed E-state index contributed by atoms with van der Waals surface area (Å²) in [6, 6.07) is 6.70. The highest BCUT2D eigenvalue weighted by atomic mass is 16.3. The molecule has 4 nitrogen and oxygen atoms in total. The second-order valence-corrected chi connectivity index (χ2v) is 3.65. The van der Waals surface area contributed by atoms with Gasteiger partial charge in [0.1, 0.15) is 17.3 Å². The highest BCUT2D eigenvalue weighted by molar-refractivity contribution is 6.13. The van der Waals surface area contributed by atoms with Crippen molar-refractivity contribution in [1.29, 1.82) is 0 Å². The van der Waals surface area contributed by atoms with Crippen LogP contribution in [0.15, 0.2) is 35.0 Å². The second kappa shape index (κ2) is 3.81. The molecule has 1 heterocycles. The zero-order chi connectivity index (χ0) is 11.7. The van der Waals surface area contributed by atoms with E-state index in [9.17, 15) is 9.90 Å². The lowest BCUT2D eigenvalue weighted by molar-refractivity contribution is -0.121. The van der Waals surface area contributed by atoms with Crippen molar-refractivity contribution < 1.29 is 9.90 Å². The molecule has 1 aromatic rings. The van der Waals surface area contributed by atoms with E-state index < -0.39 is 0 Å². The molecule has 1 aliphatic rings.